The molecule has 0 saturated heterocycles. The van der Waals surface area contributed by atoms with Gasteiger partial charge in [-0.2, -0.15) is 0 Å². The highest BCUT2D eigenvalue weighted by atomic mass is 35.5. The molecule has 0 spiro atoms. The number of non-ortho nitro benzene ring substituents is 1. The quantitative estimate of drug-likeness (QED) is 0.429. The van der Waals surface area contributed by atoms with Gasteiger partial charge in [-0.3, -0.25) is 10.1 Å². The minimum atomic E-state index is -0.464. The first-order valence-corrected chi connectivity index (χ1v) is 4.08. The van der Waals surface area contributed by atoms with E-state index in [4.69, 9.17) is 16.3 Å². The lowest BCUT2D eigenvalue weighted by Gasteiger charge is -2.06. The molecule has 0 amide bonds. The van der Waals surface area contributed by atoms with Crippen LogP contribution in [-0.2, 0) is 0 Å². The average Bonchev–Trinajstić information content (AvgIpc) is 2.04. The van der Waals surface area contributed by atoms with E-state index in [1.165, 1.54) is 24.3 Å². The molecule has 0 heterocycles. The van der Waals surface area contributed by atoms with Crippen LogP contribution < -0.4 is 4.74 Å². The van der Waals surface area contributed by atoms with E-state index in [1.807, 2.05) is 0 Å². The second-order valence-corrected chi connectivity index (χ2v) is 3.03. The van der Waals surface area contributed by atoms with Crippen molar-refractivity contribution in [2.45, 2.75) is 12.5 Å². The van der Waals surface area contributed by atoms with E-state index in [0.29, 0.717) is 5.75 Å². The lowest BCUT2D eigenvalue weighted by Crippen LogP contribution is -2.01. The summed E-state index contributed by atoms with van der Waals surface area (Å²) in [6.07, 6.45) is 0. The van der Waals surface area contributed by atoms with E-state index >= 15 is 0 Å². The minimum Gasteiger partial charge on any atom is -0.475 e. The summed E-state index contributed by atoms with van der Waals surface area (Å²) in [6.45, 7) is 1.67. The maximum atomic E-state index is 10.3. The molecule has 70 valence electrons. The summed E-state index contributed by atoms with van der Waals surface area (Å²) in [5, 5.41) is 10.3. The molecule has 1 aromatic carbocycles. The predicted molar refractivity (Wildman–Crippen MR) is 49.0 cm³/mol. The van der Waals surface area contributed by atoms with E-state index in [1.54, 1.807) is 6.92 Å². The average molecular weight is 202 g/mol. The monoisotopic (exact) mass is 201 g/mol. The van der Waals surface area contributed by atoms with Crippen LogP contribution in [0.2, 0.25) is 0 Å². The van der Waals surface area contributed by atoms with Gasteiger partial charge in [0.05, 0.1) is 4.92 Å². The van der Waals surface area contributed by atoms with Crippen molar-refractivity contribution in [2.24, 2.45) is 0 Å². The topological polar surface area (TPSA) is 52.4 Å². The highest BCUT2D eigenvalue weighted by Gasteiger charge is 2.05. The fourth-order valence-corrected chi connectivity index (χ4v) is 0.937. The zero-order valence-electron chi connectivity index (χ0n) is 6.94. The summed E-state index contributed by atoms with van der Waals surface area (Å²) in [5.41, 5.74) is -0.406. The fraction of sp³-hybridized carbons (Fsp3) is 0.250. The molecule has 0 aliphatic carbocycles. The molecule has 1 aromatic rings. The van der Waals surface area contributed by atoms with Crippen molar-refractivity contribution in [3.63, 3.8) is 0 Å². The van der Waals surface area contributed by atoms with Crippen molar-refractivity contribution in [1.29, 1.82) is 0 Å². The van der Waals surface area contributed by atoms with Crippen molar-refractivity contribution in [3.05, 3.63) is 34.4 Å². The Morgan fingerprint density at radius 1 is 1.46 bits per heavy atom. The minimum absolute atomic E-state index is 0.0366. The van der Waals surface area contributed by atoms with Gasteiger partial charge in [-0.25, -0.2) is 0 Å². The highest BCUT2D eigenvalue weighted by Crippen LogP contribution is 2.18. The van der Waals surface area contributed by atoms with Crippen molar-refractivity contribution >= 4 is 17.3 Å². The molecule has 0 N–H and O–H groups in total. The van der Waals surface area contributed by atoms with Crippen LogP contribution in [0.3, 0.4) is 0 Å². The summed E-state index contributed by atoms with van der Waals surface area (Å²) in [5.74, 6) is 0.521. The Morgan fingerprint density at radius 2 is 2.00 bits per heavy atom. The zero-order chi connectivity index (χ0) is 9.84. The maximum Gasteiger partial charge on any atom is 0.269 e. The molecule has 0 aromatic heterocycles. The molecule has 1 rings (SSSR count). The maximum absolute atomic E-state index is 10.3. The van der Waals surface area contributed by atoms with E-state index in [0.717, 1.165) is 0 Å². The zero-order valence-corrected chi connectivity index (χ0v) is 7.69. The molecular weight excluding hydrogens is 194 g/mol. The van der Waals surface area contributed by atoms with Crippen LogP contribution >= 0.6 is 11.6 Å². The third-order valence-corrected chi connectivity index (χ3v) is 1.44. The molecule has 4 nitrogen and oxygen atoms in total. The Hall–Kier alpha value is -1.29. The molecule has 1 unspecified atom stereocenters. The van der Waals surface area contributed by atoms with Gasteiger partial charge in [0.2, 0.25) is 0 Å². The molecule has 0 fully saturated rings. The number of ether oxygens (including phenoxy) is 1. The summed E-state index contributed by atoms with van der Waals surface area (Å²) in [7, 11) is 0. The number of nitrogens with zero attached hydrogens (tertiary/aromatic N) is 1. The Labute approximate surface area is 80.2 Å². The lowest BCUT2D eigenvalue weighted by atomic mass is 10.3. The van der Waals surface area contributed by atoms with Crippen molar-refractivity contribution in [1.82, 2.24) is 0 Å². The van der Waals surface area contributed by atoms with Gasteiger partial charge in [-0.15, -0.1) is 0 Å². The molecule has 1 atom stereocenters. The SMILES string of the molecule is CC(Cl)Oc1ccc([N+](=O)[O-])cc1. The number of halogens is 1. The first-order chi connectivity index (χ1) is 6.09. The van der Waals surface area contributed by atoms with E-state index in [2.05, 4.69) is 0 Å². The second kappa shape index (κ2) is 4.09. The molecule has 0 saturated carbocycles. The number of benzene rings is 1. The number of hydrogen-bond acceptors (Lipinski definition) is 3. The van der Waals surface area contributed by atoms with Crippen LogP contribution in [0.15, 0.2) is 24.3 Å². The smallest absolute Gasteiger partial charge is 0.269 e. The van der Waals surface area contributed by atoms with Crippen LogP contribution in [0, 0.1) is 10.1 Å². The van der Waals surface area contributed by atoms with Gasteiger partial charge in [-0.05, 0) is 19.1 Å². The van der Waals surface area contributed by atoms with E-state index in [-0.39, 0.29) is 5.69 Å². The second-order valence-electron chi connectivity index (χ2n) is 2.41. The van der Waals surface area contributed by atoms with Gasteiger partial charge >= 0.3 is 0 Å². The van der Waals surface area contributed by atoms with Gasteiger partial charge in [-0.1, -0.05) is 11.6 Å². The van der Waals surface area contributed by atoms with Crippen LogP contribution in [0.5, 0.6) is 5.75 Å². The molecule has 5 heteroatoms. The van der Waals surface area contributed by atoms with Crippen LogP contribution in [0.25, 0.3) is 0 Å². The third-order valence-electron chi connectivity index (χ3n) is 1.35. The number of nitro benzene ring substituents is 1. The normalized spacial score (nSPS) is 12.2. The summed E-state index contributed by atoms with van der Waals surface area (Å²) >= 11 is 5.56. The van der Waals surface area contributed by atoms with Gasteiger partial charge in [0.1, 0.15) is 5.75 Å². The molecular formula is C8H8ClNO3. The Kier molecular flexibility index (Phi) is 3.08. The largest absolute Gasteiger partial charge is 0.475 e. The highest BCUT2D eigenvalue weighted by molar-refractivity contribution is 6.19. The van der Waals surface area contributed by atoms with Crippen LogP contribution in [0.1, 0.15) is 6.92 Å². The van der Waals surface area contributed by atoms with Gasteiger partial charge < -0.3 is 4.74 Å². The van der Waals surface area contributed by atoms with Gasteiger partial charge in [0.25, 0.3) is 5.69 Å². The number of nitro groups is 1. The first-order valence-electron chi connectivity index (χ1n) is 3.65. The Bertz CT molecular complexity index is 297. The molecule has 0 radical (unpaired) electrons. The van der Waals surface area contributed by atoms with Crippen molar-refractivity contribution < 1.29 is 9.66 Å². The number of hydrogen-bond donors (Lipinski definition) is 0. The Morgan fingerprint density at radius 3 is 2.38 bits per heavy atom. The van der Waals surface area contributed by atoms with Crippen molar-refractivity contribution in [3.8, 4) is 5.75 Å². The van der Waals surface area contributed by atoms with Crippen LogP contribution in [0.4, 0.5) is 5.69 Å². The molecule has 0 aliphatic heterocycles. The first kappa shape index (κ1) is 9.80. The van der Waals surface area contributed by atoms with Crippen molar-refractivity contribution in [2.75, 3.05) is 0 Å². The molecule has 0 aliphatic rings. The fourth-order valence-electron chi connectivity index (χ4n) is 0.834. The summed E-state index contributed by atoms with van der Waals surface area (Å²) in [4.78, 5) is 9.81. The number of alkyl halides is 1. The van der Waals surface area contributed by atoms with E-state index < -0.39 is 10.5 Å². The number of rotatable bonds is 3. The van der Waals surface area contributed by atoms with Gasteiger partial charge in [0.15, 0.2) is 5.56 Å². The summed E-state index contributed by atoms with van der Waals surface area (Å²) < 4.78 is 5.09. The molecule has 0 bridgehead atoms. The summed E-state index contributed by atoms with van der Waals surface area (Å²) in [6, 6.07) is 5.76. The molecule has 13 heavy (non-hydrogen) atoms. The standard InChI is InChI=1S/C8H8ClNO3/c1-6(9)13-8-4-2-7(3-5-8)10(11)12/h2-6H,1H3. The Balaban J connectivity index is 2.75. The van der Waals surface area contributed by atoms with Crippen LogP contribution in [-0.4, -0.2) is 10.5 Å². The van der Waals surface area contributed by atoms with E-state index in [9.17, 15) is 10.1 Å². The van der Waals surface area contributed by atoms with Gasteiger partial charge in [0, 0.05) is 12.1 Å². The predicted octanol–water partition coefficient (Wildman–Crippen LogP) is 2.56. The third kappa shape index (κ3) is 2.91. The lowest BCUT2D eigenvalue weighted by molar-refractivity contribution is -0.384.